The minimum Gasteiger partial charge on any atom is -0.497 e. The number of halogens is 1. The normalized spacial score (nSPS) is 11.3. The lowest BCUT2D eigenvalue weighted by Gasteiger charge is -2.10. The predicted molar refractivity (Wildman–Crippen MR) is 82.9 cm³/mol. The van der Waals surface area contributed by atoms with Gasteiger partial charge in [-0.1, -0.05) is 23.7 Å². The molecule has 0 heterocycles. The number of sulfonamides is 1. The average molecular weight is 327 g/mol. The Morgan fingerprint density at radius 1 is 1.24 bits per heavy atom. The van der Waals surface area contributed by atoms with Crippen molar-refractivity contribution < 1.29 is 13.2 Å². The van der Waals surface area contributed by atoms with Gasteiger partial charge in [-0.15, -0.1) is 0 Å². The smallest absolute Gasteiger partial charge is 0.242 e. The van der Waals surface area contributed by atoms with Crippen molar-refractivity contribution in [2.75, 3.05) is 12.8 Å². The van der Waals surface area contributed by atoms with Gasteiger partial charge >= 0.3 is 0 Å². The average Bonchev–Trinajstić information content (AvgIpc) is 2.45. The van der Waals surface area contributed by atoms with Crippen LogP contribution in [0.4, 0.5) is 5.69 Å². The maximum atomic E-state index is 12.2. The van der Waals surface area contributed by atoms with E-state index >= 15 is 0 Å². The molecular weight excluding hydrogens is 312 g/mol. The highest BCUT2D eigenvalue weighted by Crippen LogP contribution is 2.22. The molecule has 0 atom stereocenters. The number of hydrogen-bond donors (Lipinski definition) is 2. The molecule has 0 fully saturated rings. The first kappa shape index (κ1) is 15.6. The summed E-state index contributed by atoms with van der Waals surface area (Å²) in [5, 5.41) is 0.388. The molecule has 3 N–H and O–H groups in total. The summed E-state index contributed by atoms with van der Waals surface area (Å²) in [6.45, 7) is 0.140. The summed E-state index contributed by atoms with van der Waals surface area (Å²) in [6, 6.07) is 11.4. The highest BCUT2D eigenvalue weighted by Gasteiger charge is 2.17. The van der Waals surface area contributed by atoms with Crippen LogP contribution in [0.15, 0.2) is 47.4 Å². The maximum Gasteiger partial charge on any atom is 0.242 e. The van der Waals surface area contributed by atoms with Crippen molar-refractivity contribution in [1.82, 2.24) is 4.72 Å². The van der Waals surface area contributed by atoms with E-state index in [9.17, 15) is 8.42 Å². The van der Waals surface area contributed by atoms with Gasteiger partial charge in [-0.25, -0.2) is 13.1 Å². The molecule has 21 heavy (non-hydrogen) atoms. The molecule has 7 heteroatoms. The first-order chi connectivity index (χ1) is 9.92. The van der Waals surface area contributed by atoms with E-state index in [4.69, 9.17) is 22.1 Å². The number of nitrogens with two attached hydrogens (primary N) is 1. The summed E-state index contributed by atoms with van der Waals surface area (Å²) in [6.07, 6.45) is 0. The summed E-state index contributed by atoms with van der Waals surface area (Å²) in [7, 11) is -2.15. The summed E-state index contributed by atoms with van der Waals surface area (Å²) in [5.41, 5.74) is 6.59. The number of ether oxygens (including phenoxy) is 1. The molecule has 0 amide bonds. The lowest BCUT2D eigenvalue weighted by atomic mass is 10.2. The topological polar surface area (TPSA) is 81.4 Å². The van der Waals surface area contributed by atoms with Crippen LogP contribution in [-0.4, -0.2) is 15.5 Å². The van der Waals surface area contributed by atoms with Crippen molar-refractivity contribution in [3.8, 4) is 5.75 Å². The monoisotopic (exact) mass is 326 g/mol. The van der Waals surface area contributed by atoms with Gasteiger partial charge in [0, 0.05) is 11.6 Å². The molecule has 0 aliphatic carbocycles. The highest BCUT2D eigenvalue weighted by molar-refractivity contribution is 7.89. The predicted octanol–water partition coefficient (Wildman–Crippen LogP) is 2.41. The molecule has 0 bridgehead atoms. The Kier molecular flexibility index (Phi) is 4.72. The van der Waals surface area contributed by atoms with Gasteiger partial charge in [-0.3, -0.25) is 0 Å². The third-order valence-corrected chi connectivity index (χ3v) is 4.57. The number of methoxy groups -OCH3 is 1. The van der Waals surface area contributed by atoms with Crippen LogP contribution >= 0.6 is 11.6 Å². The lowest BCUT2D eigenvalue weighted by Crippen LogP contribution is -2.24. The Morgan fingerprint density at radius 3 is 2.67 bits per heavy atom. The van der Waals surface area contributed by atoms with Crippen LogP contribution in [0.25, 0.3) is 0 Å². The zero-order valence-corrected chi connectivity index (χ0v) is 12.9. The maximum absolute atomic E-state index is 12.2. The van der Waals surface area contributed by atoms with Crippen molar-refractivity contribution in [2.24, 2.45) is 0 Å². The SMILES string of the molecule is COc1cccc(CNS(=O)(=O)c2ccc(Cl)cc2N)c1. The van der Waals surface area contributed by atoms with E-state index in [2.05, 4.69) is 4.72 Å². The van der Waals surface area contributed by atoms with Gasteiger partial charge < -0.3 is 10.5 Å². The second-order valence-corrected chi connectivity index (χ2v) is 6.53. The first-order valence-electron chi connectivity index (χ1n) is 6.10. The Labute approximate surface area is 128 Å². The van der Waals surface area contributed by atoms with Crippen molar-refractivity contribution in [3.63, 3.8) is 0 Å². The van der Waals surface area contributed by atoms with Gasteiger partial charge in [0.25, 0.3) is 0 Å². The number of hydrogen-bond acceptors (Lipinski definition) is 4. The molecule has 0 spiro atoms. The van der Waals surface area contributed by atoms with E-state index in [1.54, 1.807) is 31.4 Å². The number of benzene rings is 2. The third kappa shape index (κ3) is 3.87. The molecule has 2 rings (SSSR count). The van der Waals surface area contributed by atoms with Crippen LogP contribution in [-0.2, 0) is 16.6 Å². The van der Waals surface area contributed by atoms with Crippen LogP contribution in [0, 0.1) is 0 Å². The Balaban J connectivity index is 2.17. The van der Waals surface area contributed by atoms with E-state index in [1.165, 1.54) is 18.2 Å². The fourth-order valence-electron chi connectivity index (χ4n) is 1.80. The van der Waals surface area contributed by atoms with Crippen LogP contribution < -0.4 is 15.2 Å². The van der Waals surface area contributed by atoms with E-state index < -0.39 is 10.0 Å². The zero-order chi connectivity index (χ0) is 15.5. The van der Waals surface area contributed by atoms with Gasteiger partial charge in [-0.05, 0) is 35.9 Å². The van der Waals surface area contributed by atoms with Gasteiger partial charge in [0.05, 0.1) is 12.8 Å². The van der Waals surface area contributed by atoms with Crippen LogP contribution in [0.3, 0.4) is 0 Å². The molecular formula is C14H15ClN2O3S. The van der Waals surface area contributed by atoms with Crippen molar-refractivity contribution >= 4 is 27.3 Å². The number of rotatable bonds is 5. The Bertz CT molecular complexity index is 748. The van der Waals surface area contributed by atoms with Gasteiger partial charge in [0.15, 0.2) is 0 Å². The largest absolute Gasteiger partial charge is 0.497 e. The number of nitrogens with one attached hydrogen (secondary N) is 1. The molecule has 0 unspecified atom stereocenters. The molecule has 0 radical (unpaired) electrons. The van der Waals surface area contributed by atoms with E-state index in [0.29, 0.717) is 10.8 Å². The molecule has 0 aromatic heterocycles. The third-order valence-electron chi connectivity index (χ3n) is 2.86. The fourth-order valence-corrected chi connectivity index (χ4v) is 3.11. The summed E-state index contributed by atoms with van der Waals surface area (Å²) in [4.78, 5) is 0.00907. The van der Waals surface area contributed by atoms with E-state index in [-0.39, 0.29) is 17.1 Å². The molecule has 0 saturated heterocycles. The highest BCUT2D eigenvalue weighted by atomic mass is 35.5. The Morgan fingerprint density at radius 2 is 2.00 bits per heavy atom. The van der Waals surface area contributed by atoms with Crippen LogP contribution in [0.2, 0.25) is 5.02 Å². The van der Waals surface area contributed by atoms with E-state index in [1.807, 2.05) is 0 Å². The van der Waals surface area contributed by atoms with Gasteiger partial charge in [-0.2, -0.15) is 0 Å². The number of nitrogen functional groups attached to an aromatic ring is 1. The minimum absolute atomic E-state index is 0.00907. The molecule has 0 saturated carbocycles. The van der Waals surface area contributed by atoms with Gasteiger partial charge in [0.1, 0.15) is 10.6 Å². The second kappa shape index (κ2) is 6.34. The molecule has 0 aliphatic rings. The Hall–Kier alpha value is -1.76. The lowest BCUT2D eigenvalue weighted by molar-refractivity contribution is 0.414. The fraction of sp³-hybridized carbons (Fsp3) is 0.143. The van der Waals surface area contributed by atoms with Crippen molar-refractivity contribution in [1.29, 1.82) is 0 Å². The van der Waals surface area contributed by atoms with Gasteiger partial charge in [0.2, 0.25) is 10.0 Å². The summed E-state index contributed by atoms with van der Waals surface area (Å²) < 4.78 is 32.0. The van der Waals surface area contributed by atoms with Crippen LogP contribution in [0.5, 0.6) is 5.75 Å². The minimum atomic E-state index is -3.70. The molecule has 2 aromatic carbocycles. The standard InChI is InChI=1S/C14H15ClN2O3S/c1-20-12-4-2-3-10(7-12)9-17-21(18,19)14-6-5-11(15)8-13(14)16/h2-8,17H,9,16H2,1H3. The summed E-state index contributed by atoms with van der Waals surface area (Å²) in [5.74, 6) is 0.665. The quantitative estimate of drug-likeness (QED) is 0.827. The van der Waals surface area contributed by atoms with Crippen molar-refractivity contribution in [2.45, 2.75) is 11.4 Å². The van der Waals surface area contributed by atoms with E-state index in [0.717, 1.165) is 5.56 Å². The first-order valence-corrected chi connectivity index (χ1v) is 7.96. The zero-order valence-electron chi connectivity index (χ0n) is 11.3. The van der Waals surface area contributed by atoms with Crippen molar-refractivity contribution in [3.05, 3.63) is 53.1 Å². The second-order valence-electron chi connectivity index (χ2n) is 4.36. The molecule has 5 nitrogen and oxygen atoms in total. The summed E-state index contributed by atoms with van der Waals surface area (Å²) >= 11 is 5.76. The molecule has 2 aromatic rings. The molecule has 112 valence electrons. The van der Waals surface area contributed by atoms with Crippen LogP contribution in [0.1, 0.15) is 5.56 Å². The number of anilines is 1. The molecule has 0 aliphatic heterocycles.